The molecule has 0 fully saturated rings. The molecule has 2 aliphatic heterocycles. The van der Waals surface area contributed by atoms with Crippen LogP contribution in [0.4, 0.5) is 34.1 Å². The van der Waals surface area contributed by atoms with Gasteiger partial charge in [0.15, 0.2) is 0 Å². The van der Waals surface area contributed by atoms with Gasteiger partial charge in [-0.25, -0.2) is 0 Å². The third-order valence-electron chi connectivity index (χ3n) is 8.58. The number of benzene rings is 6. The van der Waals surface area contributed by atoms with Crippen LogP contribution in [0.15, 0.2) is 156 Å². The Labute approximate surface area is 279 Å². The first kappa shape index (κ1) is 17.1. The predicted octanol–water partition coefficient (Wildman–Crippen LogP) is 9.40. The van der Waals surface area contributed by atoms with E-state index in [2.05, 4.69) is 0 Å². The fourth-order valence-corrected chi connectivity index (χ4v) is 8.14. The first-order chi connectivity index (χ1) is 26.5. The summed E-state index contributed by atoms with van der Waals surface area (Å²) in [5.41, 5.74) is 5.41. The zero-order valence-electron chi connectivity index (χ0n) is 33.4. The summed E-state index contributed by atoms with van der Waals surface area (Å²) in [7, 11) is 0. The molecule has 0 spiro atoms. The summed E-state index contributed by atoms with van der Waals surface area (Å²) < 4.78 is 96.4. The fourth-order valence-electron chi connectivity index (χ4n) is 6.84. The summed E-state index contributed by atoms with van der Waals surface area (Å²) in [6, 6.07) is 24.1. The van der Waals surface area contributed by atoms with E-state index < -0.39 is 67.1 Å². The van der Waals surface area contributed by atoms with Crippen molar-refractivity contribution in [3.05, 3.63) is 151 Å². The molecule has 0 saturated carbocycles. The van der Waals surface area contributed by atoms with Gasteiger partial charge in [0.1, 0.15) is 11.2 Å². The predicted molar refractivity (Wildman–Crippen MR) is 191 cm³/mol. The lowest BCUT2D eigenvalue weighted by Gasteiger charge is -2.41. The Morgan fingerprint density at radius 2 is 1.24 bits per heavy atom. The van der Waals surface area contributed by atoms with Gasteiger partial charge in [0, 0.05) is 43.0 Å². The number of hydrogen-bond donors (Lipinski definition) is 0. The van der Waals surface area contributed by atoms with Crippen LogP contribution in [0.1, 0.15) is 13.7 Å². The van der Waals surface area contributed by atoms with E-state index in [0.717, 1.165) is 31.6 Å². The Hall–Kier alpha value is -5.52. The molecular weight excluding hydrogens is 567 g/mol. The molecule has 45 heavy (non-hydrogen) atoms. The van der Waals surface area contributed by atoms with Gasteiger partial charge in [0.2, 0.25) is 0 Å². The number of fused-ring (bicyclic) bond motifs is 8. The van der Waals surface area contributed by atoms with E-state index in [-0.39, 0.29) is 11.3 Å². The van der Waals surface area contributed by atoms with Crippen molar-refractivity contribution in [1.29, 1.82) is 0 Å². The van der Waals surface area contributed by atoms with E-state index in [4.69, 9.17) is 15.4 Å². The highest BCUT2D eigenvalue weighted by Gasteiger charge is 2.48. The highest BCUT2D eigenvalue weighted by molar-refractivity contribution is 7.33. The van der Waals surface area contributed by atoms with Crippen LogP contribution in [0.2, 0.25) is 0 Å². The molecule has 6 aromatic carbocycles. The molecule has 0 atom stereocenters. The largest absolute Gasteiger partial charge is 0.468 e. The van der Waals surface area contributed by atoms with Gasteiger partial charge in [0.05, 0.1) is 25.1 Å². The highest BCUT2D eigenvalue weighted by Crippen LogP contribution is 2.50. The van der Waals surface area contributed by atoms with Crippen molar-refractivity contribution in [1.82, 2.24) is 0 Å². The summed E-state index contributed by atoms with van der Waals surface area (Å²) in [5, 5.41) is 1.63. The number of anilines is 6. The Kier molecular flexibility index (Phi) is 3.61. The molecule has 0 saturated heterocycles. The Morgan fingerprint density at radius 3 is 2.02 bits per heavy atom. The molecule has 0 radical (unpaired) electrons. The van der Waals surface area contributed by atoms with E-state index in [1.54, 1.807) is 11.0 Å². The lowest BCUT2D eigenvalue weighted by molar-refractivity contribution is 0.651. The van der Waals surface area contributed by atoms with Gasteiger partial charge in [-0.05, 0) is 71.1 Å². The number of hydrogen-bond acceptors (Lipinski definition) is 4. The van der Waals surface area contributed by atoms with E-state index in [9.17, 15) is 2.74 Å². The second-order valence-corrected chi connectivity index (χ2v) is 12.0. The maximum absolute atomic E-state index is 9.24. The topological polar surface area (TPSA) is 19.6 Å². The minimum absolute atomic E-state index is 0.0283. The molecule has 2 aromatic heterocycles. The van der Waals surface area contributed by atoms with Crippen LogP contribution in [0.3, 0.4) is 0 Å². The highest BCUT2D eigenvalue weighted by atomic mass is 32.1. The van der Waals surface area contributed by atoms with Gasteiger partial charge in [-0.15, -0.1) is 11.3 Å². The minimum atomic E-state index is -0.533. The average molecular weight is 603 g/mol. The quantitative estimate of drug-likeness (QED) is 0.188. The maximum Gasteiger partial charge on any atom is 0.309 e. The zero-order valence-corrected chi connectivity index (χ0v) is 24.3. The number of rotatable bonds is 3. The second kappa shape index (κ2) is 9.49. The molecule has 10 rings (SSSR count). The van der Waals surface area contributed by atoms with E-state index >= 15 is 0 Å². The van der Waals surface area contributed by atoms with E-state index in [0.29, 0.717) is 39.3 Å². The molecule has 8 aromatic rings. The van der Waals surface area contributed by atoms with Crippen LogP contribution < -0.4 is 25.7 Å². The third kappa shape index (κ3) is 3.53. The monoisotopic (exact) mass is 602 g/mol. The molecule has 4 heterocycles. The van der Waals surface area contributed by atoms with Crippen molar-refractivity contribution in [3.8, 4) is 11.1 Å². The molecule has 0 unspecified atom stereocenters. The van der Waals surface area contributed by atoms with Gasteiger partial charge in [-0.3, -0.25) is 0 Å². The van der Waals surface area contributed by atoms with Crippen molar-refractivity contribution in [2.45, 2.75) is 0 Å². The van der Waals surface area contributed by atoms with Crippen LogP contribution in [-0.2, 0) is 0 Å². The molecule has 0 N–H and O–H groups in total. The standard InChI is InChI=1S/C40H25BN2OS/c1-4-14-26(15-5-1)27-24-32-36-33(25-27)43(29-18-8-3-9-19-29)38-31-21-11-13-23-35(31)45-40(38)41(36)39-37(30-20-10-12-22-34(30)44-39)42(32)28-16-6-2-7-17-28/h1-25H/i1D,3D,4D,5D,8D,9D,14D,15D,18D,19D. The van der Waals surface area contributed by atoms with Crippen molar-refractivity contribution in [3.63, 3.8) is 0 Å². The molecule has 0 amide bonds. The molecule has 2 aliphatic rings. The maximum atomic E-state index is 9.24. The third-order valence-corrected chi connectivity index (χ3v) is 9.81. The van der Waals surface area contributed by atoms with Crippen molar-refractivity contribution in [2.24, 2.45) is 0 Å². The summed E-state index contributed by atoms with van der Waals surface area (Å²) in [6.07, 6.45) is 0. The Bertz CT molecular complexity index is 2930. The van der Waals surface area contributed by atoms with Crippen LogP contribution in [-0.4, -0.2) is 6.71 Å². The second-order valence-electron chi connectivity index (χ2n) is 11.0. The lowest BCUT2D eigenvalue weighted by Crippen LogP contribution is -2.60. The zero-order chi connectivity index (χ0) is 38.2. The van der Waals surface area contributed by atoms with Crippen LogP contribution in [0, 0.1) is 0 Å². The molecular formula is C40H25BN2OS. The van der Waals surface area contributed by atoms with Crippen molar-refractivity contribution < 1.29 is 18.1 Å². The summed E-state index contributed by atoms with van der Waals surface area (Å²) in [6.45, 7) is -0.533. The fraction of sp³-hybridized carbons (Fsp3) is 0. The number of thiophene rings is 1. The van der Waals surface area contributed by atoms with Crippen molar-refractivity contribution in [2.75, 3.05) is 9.80 Å². The van der Waals surface area contributed by atoms with Gasteiger partial charge in [-0.2, -0.15) is 0 Å². The number of para-hydroxylation sites is 3. The Balaban J connectivity index is 1.44. The van der Waals surface area contributed by atoms with Gasteiger partial charge >= 0.3 is 6.71 Å². The molecule has 5 heteroatoms. The van der Waals surface area contributed by atoms with Crippen LogP contribution in [0.5, 0.6) is 0 Å². The molecule has 3 nitrogen and oxygen atoms in total. The molecule has 0 aliphatic carbocycles. The molecule has 0 bridgehead atoms. The van der Waals surface area contributed by atoms with E-state index in [1.807, 2.05) is 89.8 Å². The van der Waals surface area contributed by atoms with E-state index in [1.165, 1.54) is 11.3 Å². The number of nitrogens with zero attached hydrogens (tertiary/aromatic N) is 2. The van der Waals surface area contributed by atoms with Gasteiger partial charge in [0.25, 0.3) is 0 Å². The van der Waals surface area contributed by atoms with Crippen LogP contribution >= 0.6 is 11.3 Å². The lowest BCUT2D eigenvalue weighted by atomic mass is 9.38. The minimum Gasteiger partial charge on any atom is -0.468 e. The first-order valence-corrected chi connectivity index (χ1v) is 15.3. The smallest absolute Gasteiger partial charge is 0.309 e. The Morgan fingerprint density at radius 1 is 0.600 bits per heavy atom. The van der Waals surface area contributed by atoms with Crippen molar-refractivity contribution >= 4 is 89.1 Å². The average Bonchev–Trinajstić information content (AvgIpc) is 3.78. The normalized spacial score (nSPS) is 16.3. The SMILES string of the molecule is [2H]c1c([2H])c([2H])c(-c2cc3c4c(c2)N(c2c([2H])c([2H])c([2H])c([2H])c2[2H])c2c(sc5ccccc25)B4c2oc4ccccc4c2N3c2ccccc2)c([2H])c1[2H]. The molecule has 210 valence electrons. The summed E-state index contributed by atoms with van der Waals surface area (Å²) >= 11 is 1.54. The summed E-state index contributed by atoms with van der Waals surface area (Å²) in [4.78, 5) is 3.76. The first-order valence-electron chi connectivity index (χ1n) is 19.5. The van der Waals surface area contributed by atoms with Crippen LogP contribution in [0.25, 0.3) is 32.2 Å². The van der Waals surface area contributed by atoms with Gasteiger partial charge in [-0.1, -0.05) is 96.9 Å². The van der Waals surface area contributed by atoms with Gasteiger partial charge < -0.3 is 14.2 Å². The number of furan rings is 1. The summed E-state index contributed by atoms with van der Waals surface area (Å²) in [5.74, 6) is 0.